The predicted molar refractivity (Wildman–Crippen MR) is 80.1 cm³/mol. The van der Waals surface area contributed by atoms with Gasteiger partial charge in [-0.25, -0.2) is 0 Å². The summed E-state index contributed by atoms with van der Waals surface area (Å²) < 4.78 is 0. The summed E-state index contributed by atoms with van der Waals surface area (Å²) in [6, 6.07) is 4.31. The van der Waals surface area contributed by atoms with Crippen LogP contribution in [0.15, 0.2) is 18.2 Å². The smallest absolute Gasteiger partial charge is 0.255 e. The van der Waals surface area contributed by atoms with Crippen LogP contribution in [0.5, 0.6) is 5.75 Å². The largest absolute Gasteiger partial charge is 0.507 e. The van der Waals surface area contributed by atoms with Gasteiger partial charge in [0.05, 0.1) is 11.7 Å². The van der Waals surface area contributed by atoms with E-state index in [2.05, 4.69) is 5.32 Å². The molecule has 1 aromatic carbocycles. The molecule has 0 saturated heterocycles. The number of amides is 1. The third kappa shape index (κ3) is 4.12. The van der Waals surface area contributed by atoms with E-state index < -0.39 is 17.4 Å². The van der Waals surface area contributed by atoms with Gasteiger partial charge in [0.25, 0.3) is 5.91 Å². The Labute approximate surface area is 124 Å². The third-order valence-corrected chi connectivity index (χ3v) is 3.58. The molecule has 1 amide bonds. The molecule has 0 aromatic heterocycles. The molecule has 0 heterocycles. The van der Waals surface area contributed by atoms with E-state index in [-0.39, 0.29) is 17.2 Å². The Morgan fingerprint density at radius 3 is 2.55 bits per heavy atom. The van der Waals surface area contributed by atoms with E-state index in [0.29, 0.717) is 11.6 Å². The SMILES string of the molecule is CC(C)[C@@H](O)C(C)(C)CNC(=O)c1cc(Cl)ccc1O. The van der Waals surface area contributed by atoms with Gasteiger partial charge in [-0.2, -0.15) is 0 Å². The fraction of sp³-hybridized carbons (Fsp3) is 0.533. The number of aliphatic hydroxyl groups is 1. The first-order valence-corrected chi connectivity index (χ1v) is 6.97. The highest BCUT2D eigenvalue weighted by atomic mass is 35.5. The number of benzene rings is 1. The lowest BCUT2D eigenvalue weighted by molar-refractivity contribution is 0.0138. The van der Waals surface area contributed by atoms with Crippen molar-refractivity contribution in [1.29, 1.82) is 0 Å². The molecule has 0 fully saturated rings. The Morgan fingerprint density at radius 1 is 1.40 bits per heavy atom. The number of nitrogens with one attached hydrogen (secondary N) is 1. The minimum Gasteiger partial charge on any atom is -0.507 e. The average Bonchev–Trinajstić information content (AvgIpc) is 2.37. The van der Waals surface area contributed by atoms with Gasteiger partial charge < -0.3 is 15.5 Å². The molecular formula is C15H22ClNO3. The lowest BCUT2D eigenvalue weighted by Gasteiger charge is -2.33. The first kappa shape index (κ1) is 16.8. The van der Waals surface area contributed by atoms with Crippen molar-refractivity contribution < 1.29 is 15.0 Å². The van der Waals surface area contributed by atoms with E-state index in [0.717, 1.165) is 0 Å². The molecule has 20 heavy (non-hydrogen) atoms. The molecule has 1 rings (SSSR count). The van der Waals surface area contributed by atoms with E-state index in [1.165, 1.54) is 18.2 Å². The highest BCUT2D eigenvalue weighted by molar-refractivity contribution is 6.31. The van der Waals surface area contributed by atoms with Gasteiger partial charge in [0.15, 0.2) is 0 Å². The van der Waals surface area contributed by atoms with Gasteiger partial charge in [0, 0.05) is 17.0 Å². The topological polar surface area (TPSA) is 69.6 Å². The zero-order valence-corrected chi connectivity index (χ0v) is 13.0. The summed E-state index contributed by atoms with van der Waals surface area (Å²) in [6.07, 6.45) is -0.532. The van der Waals surface area contributed by atoms with Crippen molar-refractivity contribution in [3.63, 3.8) is 0 Å². The molecule has 0 spiro atoms. The van der Waals surface area contributed by atoms with Crippen LogP contribution in [0.25, 0.3) is 0 Å². The molecular weight excluding hydrogens is 278 g/mol. The number of rotatable bonds is 5. The summed E-state index contributed by atoms with van der Waals surface area (Å²) in [6.45, 7) is 7.93. The van der Waals surface area contributed by atoms with Crippen LogP contribution in [-0.2, 0) is 0 Å². The maximum Gasteiger partial charge on any atom is 0.255 e. The second-order valence-corrected chi connectivity index (χ2v) is 6.46. The minimum atomic E-state index is -0.532. The van der Waals surface area contributed by atoms with E-state index in [9.17, 15) is 15.0 Å². The van der Waals surface area contributed by atoms with Gasteiger partial charge in [-0.05, 0) is 24.1 Å². The molecule has 0 aliphatic heterocycles. The van der Waals surface area contributed by atoms with Crippen LogP contribution < -0.4 is 5.32 Å². The van der Waals surface area contributed by atoms with E-state index in [4.69, 9.17) is 11.6 Å². The average molecular weight is 300 g/mol. The number of halogens is 1. The molecule has 1 atom stereocenters. The second-order valence-electron chi connectivity index (χ2n) is 6.02. The van der Waals surface area contributed by atoms with Crippen LogP contribution in [0, 0.1) is 11.3 Å². The molecule has 5 heteroatoms. The summed E-state index contributed by atoms with van der Waals surface area (Å²) in [5, 5.41) is 22.9. The predicted octanol–water partition coefficient (Wildman–Crippen LogP) is 2.82. The number of aliphatic hydroxyl groups excluding tert-OH is 1. The summed E-state index contributed by atoms with van der Waals surface area (Å²) in [4.78, 5) is 12.0. The fourth-order valence-corrected chi connectivity index (χ4v) is 2.27. The lowest BCUT2D eigenvalue weighted by Crippen LogP contribution is -2.43. The first-order chi connectivity index (χ1) is 9.15. The lowest BCUT2D eigenvalue weighted by atomic mass is 9.80. The monoisotopic (exact) mass is 299 g/mol. The highest BCUT2D eigenvalue weighted by Crippen LogP contribution is 2.26. The van der Waals surface area contributed by atoms with Crippen molar-refractivity contribution in [3.8, 4) is 5.75 Å². The van der Waals surface area contributed by atoms with Gasteiger partial charge in [-0.15, -0.1) is 0 Å². The van der Waals surface area contributed by atoms with E-state index in [1.807, 2.05) is 27.7 Å². The van der Waals surface area contributed by atoms with Crippen molar-refractivity contribution in [2.24, 2.45) is 11.3 Å². The number of aromatic hydroxyl groups is 1. The standard InChI is InChI=1S/C15H22ClNO3/c1-9(2)13(19)15(3,4)8-17-14(20)11-7-10(16)5-6-12(11)18/h5-7,9,13,18-19H,8H2,1-4H3,(H,17,20)/t13-/m1/s1. The third-order valence-electron chi connectivity index (χ3n) is 3.34. The summed E-state index contributed by atoms with van der Waals surface area (Å²) in [7, 11) is 0. The minimum absolute atomic E-state index is 0.0986. The van der Waals surface area contributed by atoms with Crippen LogP contribution >= 0.6 is 11.6 Å². The molecule has 3 N–H and O–H groups in total. The zero-order chi connectivity index (χ0) is 15.5. The fourth-order valence-electron chi connectivity index (χ4n) is 2.10. The highest BCUT2D eigenvalue weighted by Gasteiger charge is 2.30. The number of carbonyl (C=O) groups is 1. The summed E-state index contributed by atoms with van der Waals surface area (Å²) >= 11 is 5.81. The summed E-state index contributed by atoms with van der Waals surface area (Å²) in [5.41, 5.74) is -0.329. The Morgan fingerprint density at radius 2 is 2.00 bits per heavy atom. The Bertz CT molecular complexity index is 486. The molecule has 0 radical (unpaired) electrons. The van der Waals surface area contributed by atoms with Gasteiger partial charge in [-0.3, -0.25) is 4.79 Å². The molecule has 112 valence electrons. The maximum atomic E-state index is 12.0. The van der Waals surface area contributed by atoms with Crippen molar-refractivity contribution in [3.05, 3.63) is 28.8 Å². The van der Waals surface area contributed by atoms with Crippen LogP contribution in [0.2, 0.25) is 5.02 Å². The molecule has 0 aliphatic rings. The van der Waals surface area contributed by atoms with Crippen molar-refractivity contribution >= 4 is 17.5 Å². The molecule has 4 nitrogen and oxygen atoms in total. The molecule has 0 unspecified atom stereocenters. The number of hydrogen-bond donors (Lipinski definition) is 3. The normalized spacial score (nSPS) is 13.3. The van der Waals surface area contributed by atoms with Gasteiger partial charge in [-0.1, -0.05) is 39.3 Å². The molecule has 0 saturated carbocycles. The quantitative estimate of drug-likeness (QED) is 0.783. The first-order valence-electron chi connectivity index (χ1n) is 6.60. The maximum absolute atomic E-state index is 12.0. The van der Waals surface area contributed by atoms with Gasteiger partial charge in [0.2, 0.25) is 0 Å². The number of hydrogen-bond acceptors (Lipinski definition) is 3. The van der Waals surface area contributed by atoms with E-state index in [1.54, 1.807) is 0 Å². The van der Waals surface area contributed by atoms with Crippen LogP contribution in [0.3, 0.4) is 0 Å². The van der Waals surface area contributed by atoms with E-state index >= 15 is 0 Å². The van der Waals surface area contributed by atoms with Crippen molar-refractivity contribution in [1.82, 2.24) is 5.32 Å². The number of phenolic OH excluding ortho intramolecular Hbond substituents is 1. The van der Waals surface area contributed by atoms with Crippen LogP contribution in [0.1, 0.15) is 38.1 Å². The number of carbonyl (C=O) groups excluding carboxylic acids is 1. The van der Waals surface area contributed by atoms with Gasteiger partial charge >= 0.3 is 0 Å². The van der Waals surface area contributed by atoms with Crippen molar-refractivity contribution in [2.45, 2.75) is 33.8 Å². The molecule has 0 bridgehead atoms. The Kier molecular flexibility index (Phi) is 5.42. The Hall–Kier alpha value is -1.26. The zero-order valence-electron chi connectivity index (χ0n) is 12.3. The molecule has 0 aliphatic carbocycles. The summed E-state index contributed by atoms with van der Waals surface area (Å²) in [5.74, 6) is -0.426. The number of phenols is 1. The second kappa shape index (κ2) is 6.46. The van der Waals surface area contributed by atoms with Gasteiger partial charge in [0.1, 0.15) is 5.75 Å². The van der Waals surface area contributed by atoms with Crippen molar-refractivity contribution in [2.75, 3.05) is 6.54 Å². The molecule has 1 aromatic rings. The van der Waals surface area contributed by atoms with Crippen LogP contribution in [0.4, 0.5) is 0 Å². The van der Waals surface area contributed by atoms with Crippen LogP contribution in [-0.4, -0.2) is 28.8 Å². The Balaban J connectivity index is 2.75.